The SMILES string of the molecule is CC(C)n1cnc(C(=O)ON2C(=O)c3ccccc3C2=O)c1. The second kappa shape index (κ2) is 5.10. The molecule has 0 saturated carbocycles. The highest BCUT2D eigenvalue weighted by molar-refractivity contribution is 6.21. The first-order valence-corrected chi connectivity index (χ1v) is 6.72. The third kappa shape index (κ3) is 2.16. The summed E-state index contributed by atoms with van der Waals surface area (Å²) in [7, 11) is 0. The maximum atomic E-state index is 12.1. The summed E-state index contributed by atoms with van der Waals surface area (Å²) in [6.45, 7) is 3.86. The molecule has 1 aliphatic rings. The van der Waals surface area contributed by atoms with Gasteiger partial charge in [-0.15, -0.1) is 0 Å². The van der Waals surface area contributed by atoms with Crippen LogP contribution in [0, 0.1) is 0 Å². The van der Waals surface area contributed by atoms with Crippen molar-refractivity contribution >= 4 is 17.8 Å². The summed E-state index contributed by atoms with van der Waals surface area (Å²) in [6.07, 6.45) is 2.99. The average Bonchev–Trinajstić information content (AvgIpc) is 3.08. The number of hydrogen-bond acceptors (Lipinski definition) is 5. The summed E-state index contributed by atoms with van der Waals surface area (Å²) in [5.41, 5.74) is 0.464. The number of benzene rings is 1. The van der Waals surface area contributed by atoms with Crippen LogP contribution >= 0.6 is 0 Å². The van der Waals surface area contributed by atoms with E-state index in [9.17, 15) is 14.4 Å². The molecule has 0 saturated heterocycles. The quantitative estimate of drug-likeness (QED) is 0.808. The molecule has 0 spiro atoms. The summed E-state index contributed by atoms with van der Waals surface area (Å²) in [5, 5.41) is 0.474. The van der Waals surface area contributed by atoms with Crippen LogP contribution in [0.15, 0.2) is 36.8 Å². The van der Waals surface area contributed by atoms with Crippen molar-refractivity contribution < 1.29 is 19.2 Å². The number of carbonyl (C=O) groups excluding carboxylic acids is 3. The molecule has 0 fully saturated rings. The fraction of sp³-hybridized carbons (Fsp3) is 0.200. The summed E-state index contributed by atoms with van der Waals surface area (Å²) in [5.74, 6) is -2.16. The summed E-state index contributed by atoms with van der Waals surface area (Å²) < 4.78 is 1.72. The molecule has 3 rings (SSSR count). The Morgan fingerprint density at radius 3 is 2.23 bits per heavy atom. The van der Waals surface area contributed by atoms with E-state index in [2.05, 4.69) is 4.98 Å². The zero-order chi connectivity index (χ0) is 15.9. The third-order valence-electron chi connectivity index (χ3n) is 3.34. The molecule has 2 aromatic rings. The number of imide groups is 1. The Balaban J connectivity index is 1.80. The van der Waals surface area contributed by atoms with Crippen molar-refractivity contribution in [2.75, 3.05) is 0 Å². The van der Waals surface area contributed by atoms with Gasteiger partial charge in [-0.25, -0.2) is 9.78 Å². The number of fused-ring (bicyclic) bond motifs is 1. The molecule has 0 N–H and O–H groups in total. The molecule has 1 aromatic carbocycles. The van der Waals surface area contributed by atoms with Crippen molar-refractivity contribution in [1.82, 2.24) is 14.6 Å². The molecule has 0 aliphatic carbocycles. The van der Waals surface area contributed by atoms with E-state index in [-0.39, 0.29) is 22.9 Å². The topological polar surface area (TPSA) is 81.5 Å². The molecular formula is C15H13N3O4. The minimum absolute atomic E-state index is 0.0326. The normalized spacial score (nSPS) is 13.7. The van der Waals surface area contributed by atoms with Crippen LogP contribution in [0.2, 0.25) is 0 Å². The van der Waals surface area contributed by atoms with Crippen LogP contribution < -0.4 is 0 Å². The molecule has 2 amide bonds. The van der Waals surface area contributed by atoms with Gasteiger partial charge in [-0.3, -0.25) is 9.59 Å². The molecule has 2 heterocycles. The van der Waals surface area contributed by atoms with Gasteiger partial charge in [0.15, 0.2) is 5.69 Å². The van der Waals surface area contributed by atoms with Crippen LogP contribution in [-0.4, -0.2) is 32.4 Å². The van der Waals surface area contributed by atoms with Crippen LogP contribution in [0.1, 0.15) is 51.1 Å². The molecule has 22 heavy (non-hydrogen) atoms. The predicted octanol–water partition coefficient (Wildman–Crippen LogP) is 1.83. The van der Waals surface area contributed by atoms with Crippen LogP contribution in [0.5, 0.6) is 0 Å². The van der Waals surface area contributed by atoms with Gasteiger partial charge in [-0.05, 0) is 26.0 Å². The standard InChI is InChI=1S/C15H13N3O4/c1-9(2)17-7-12(16-8-17)15(21)22-18-13(19)10-5-3-4-6-11(10)14(18)20/h3-9H,1-2H3. The van der Waals surface area contributed by atoms with Crippen molar-refractivity contribution in [2.24, 2.45) is 0 Å². The first kappa shape index (κ1) is 14.0. The Hall–Kier alpha value is -2.96. The summed E-state index contributed by atoms with van der Waals surface area (Å²) in [6, 6.07) is 6.43. The van der Waals surface area contributed by atoms with Crippen LogP contribution in [0.25, 0.3) is 0 Å². The van der Waals surface area contributed by atoms with E-state index in [1.54, 1.807) is 16.7 Å². The van der Waals surface area contributed by atoms with Gasteiger partial charge in [-0.2, -0.15) is 0 Å². The molecule has 0 bridgehead atoms. The van der Waals surface area contributed by atoms with Gasteiger partial charge in [0.25, 0.3) is 11.8 Å². The van der Waals surface area contributed by atoms with Gasteiger partial charge in [0, 0.05) is 12.2 Å². The Kier molecular flexibility index (Phi) is 3.25. The molecule has 0 unspecified atom stereocenters. The Morgan fingerprint density at radius 1 is 1.14 bits per heavy atom. The van der Waals surface area contributed by atoms with E-state index in [1.165, 1.54) is 24.7 Å². The lowest BCUT2D eigenvalue weighted by Crippen LogP contribution is -2.32. The lowest BCUT2D eigenvalue weighted by Gasteiger charge is -2.11. The van der Waals surface area contributed by atoms with Crippen molar-refractivity contribution in [1.29, 1.82) is 0 Å². The lowest BCUT2D eigenvalue weighted by molar-refractivity contribution is -0.0588. The van der Waals surface area contributed by atoms with E-state index in [1.807, 2.05) is 13.8 Å². The maximum absolute atomic E-state index is 12.1. The summed E-state index contributed by atoms with van der Waals surface area (Å²) in [4.78, 5) is 45.0. The number of hydrogen-bond donors (Lipinski definition) is 0. The predicted molar refractivity (Wildman–Crippen MR) is 75.0 cm³/mol. The van der Waals surface area contributed by atoms with Crippen molar-refractivity contribution in [3.05, 3.63) is 53.6 Å². The van der Waals surface area contributed by atoms with Crippen LogP contribution in [0.3, 0.4) is 0 Å². The highest BCUT2D eigenvalue weighted by atomic mass is 16.7. The Labute approximate surface area is 126 Å². The average molecular weight is 299 g/mol. The van der Waals surface area contributed by atoms with Crippen molar-refractivity contribution in [3.63, 3.8) is 0 Å². The largest absolute Gasteiger partial charge is 0.383 e. The molecule has 0 atom stereocenters. The number of nitrogens with zero attached hydrogens (tertiary/aromatic N) is 3. The Bertz CT molecular complexity index is 744. The molecular weight excluding hydrogens is 286 g/mol. The monoisotopic (exact) mass is 299 g/mol. The number of carbonyl (C=O) groups is 3. The van der Waals surface area contributed by atoms with Crippen LogP contribution in [0.4, 0.5) is 0 Å². The summed E-state index contributed by atoms with van der Waals surface area (Å²) >= 11 is 0. The van der Waals surface area contributed by atoms with E-state index in [0.717, 1.165) is 0 Å². The highest BCUT2D eigenvalue weighted by Crippen LogP contribution is 2.23. The van der Waals surface area contributed by atoms with Gasteiger partial charge in [0.1, 0.15) is 0 Å². The number of amides is 2. The first-order valence-electron chi connectivity index (χ1n) is 6.72. The van der Waals surface area contributed by atoms with Gasteiger partial charge in [0.05, 0.1) is 17.5 Å². The van der Waals surface area contributed by atoms with E-state index < -0.39 is 17.8 Å². The van der Waals surface area contributed by atoms with Crippen LogP contribution in [-0.2, 0) is 4.84 Å². The third-order valence-corrected chi connectivity index (χ3v) is 3.34. The molecule has 0 radical (unpaired) electrons. The number of aromatic nitrogens is 2. The Morgan fingerprint density at radius 2 is 1.73 bits per heavy atom. The smallest absolute Gasteiger partial charge is 0.334 e. The minimum atomic E-state index is -0.853. The fourth-order valence-corrected chi connectivity index (χ4v) is 2.10. The molecule has 112 valence electrons. The highest BCUT2D eigenvalue weighted by Gasteiger charge is 2.39. The van der Waals surface area contributed by atoms with Crippen molar-refractivity contribution in [2.45, 2.75) is 19.9 Å². The molecule has 7 heteroatoms. The van der Waals surface area contributed by atoms with Gasteiger partial charge in [0.2, 0.25) is 0 Å². The number of rotatable bonds is 3. The second-order valence-corrected chi connectivity index (χ2v) is 5.13. The lowest BCUT2D eigenvalue weighted by atomic mass is 10.1. The van der Waals surface area contributed by atoms with E-state index >= 15 is 0 Å². The zero-order valence-corrected chi connectivity index (χ0v) is 12.0. The molecule has 7 nitrogen and oxygen atoms in total. The molecule has 1 aromatic heterocycles. The minimum Gasteiger partial charge on any atom is -0.334 e. The first-order chi connectivity index (χ1) is 10.5. The van der Waals surface area contributed by atoms with Gasteiger partial charge >= 0.3 is 5.97 Å². The zero-order valence-electron chi connectivity index (χ0n) is 12.0. The molecule has 1 aliphatic heterocycles. The number of imidazole rings is 1. The second-order valence-electron chi connectivity index (χ2n) is 5.13. The van der Waals surface area contributed by atoms with E-state index in [0.29, 0.717) is 5.06 Å². The maximum Gasteiger partial charge on any atom is 0.383 e. The fourth-order valence-electron chi connectivity index (χ4n) is 2.10. The van der Waals surface area contributed by atoms with E-state index in [4.69, 9.17) is 4.84 Å². The number of hydroxylamine groups is 2. The van der Waals surface area contributed by atoms with Gasteiger partial charge in [-0.1, -0.05) is 17.2 Å². The van der Waals surface area contributed by atoms with Crippen molar-refractivity contribution in [3.8, 4) is 0 Å². The van der Waals surface area contributed by atoms with Gasteiger partial charge < -0.3 is 9.40 Å².